The van der Waals surface area contributed by atoms with E-state index in [1.54, 1.807) is 25.1 Å². The molecule has 8 heteroatoms. The fraction of sp³-hybridized carbons (Fsp3) is 0.300. The number of amides is 1. The maximum Gasteiger partial charge on any atom is 0.399 e. The van der Waals surface area contributed by atoms with Crippen LogP contribution in [0.3, 0.4) is 0 Å². The Morgan fingerprint density at radius 1 is 1.44 bits per heavy atom. The van der Waals surface area contributed by atoms with Gasteiger partial charge in [0.15, 0.2) is 4.90 Å². The lowest BCUT2D eigenvalue weighted by Gasteiger charge is -2.19. The van der Waals surface area contributed by atoms with E-state index in [9.17, 15) is 22.5 Å². The van der Waals surface area contributed by atoms with E-state index < -0.39 is 23.3 Å². The summed E-state index contributed by atoms with van der Waals surface area (Å²) in [5.41, 5.74) is 0.648. The van der Waals surface area contributed by atoms with Crippen molar-refractivity contribution >= 4 is 29.7 Å². The van der Waals surface area contributed by atoms with Gasteiger partial charge in [0.05, 0.1) is 0 Å². The van der Waals surface area contributed by atoms with Gasteiger partial charge in [-0.05, 0) is 13.0 Å². The SMILES string of the molecule is Cc1ccccc1[S+]([O-])N(C=O)SCC(F)(F)F. The molecule has 18 heavy (non-hydrogen) atoms. The molecule has 0 saturated carbocycles. The van der Waals surface area contributed by atoms with Crippen molar-refractivity contribution in [3.63, 3.8) is 0 Å². The predicted octanol–water partition coefficient (Wildman–Crippen LogP) is 2.69. The second-order valence-corrected chi connectivity index (χ2v) is 5.80. The molecule has 100 valence electrons. The minimum atomic E-state index is -4.41. The van der Waals surface area contributed by atoms with E-state index in [2.05, 4.69) is 0 Å². The maximum absolute atomic E-state index is 12.0. The number of hydrogen-bond acceptors (Lipinski definition) is 3. The van der Waals surface area contributed by atoms with Crippen LogP contribution in [-0.4, -0.2) is 26.6 Å². The van der Waals surface area contributed by atoms with E-state index in [4.69, 9.17) is 0 Å². The van der Waals surface area contributed by atoms with E-state index in [0.717, 1.165) is 0 Å². The van der Waals surface area contributed by atoms with Gasteiger partial charge in [-0.15, -0.1) is 0 Å². The van der Waals surface area contributed by atoms with Crippen molar-refractivity contribution in [2.45, 2.75) is 18.0 Å². The first-order valence-corrected chi connectivity index (χ1v) is 6.82. The summed E-state index contributed by atoms with van der Waals surface area (Å²) in [7, 11) is 0. The summed E-state index contributed by atoms with van der Waals surface area (Å²) < 4.78 is 48.6. The summed E-state index contributed by atoms with van der Waals surface area (Å²) in [5, 5.41) is 0. The number of carbonyl (C=O) groups excluding carboxylic acids is 1. The van der Waals surface area contributed by atoms with Gasteiger partial charge in [0, 0.05) is 17.5 Å². The standard InChI is InChI=1S/C10H10F3NO2S2/c1-8-4-2-3-5-9(8)18(16)14(7-15)17-6-10(11,12)13/h2-5,7H,6H2,1H3. The molecule has 0 aliphatic heterocycles. The van der Waals surface area contributed by atoms with Crippen LogP contribution in [0.5, 0.6) is 0 Å². The fourth-order valence-corrected chi connectivity index (χ4v) is 3.03. The number of hydrogen-bond donors (Lipinski definition) is 0. The van der Waals surface area contributed by atoms with Crippen LogP contribution in [0, 0.1) is 6.92 Å². The van der Waals surface area contributed by atoms with Crippen LogP contribution in [0.4, 0.5) is 13.2 Å². The highest BCUT2D eigenvalue weighted by atomic mass is 32.3. The molecule has 1 rings (SSSR count). The van der Waals surface area contributed by atoms with E-state index in [0.29, 0.717) is 14.2 Å². The summed E-state index contributed by atoms with van der Waals surface area (Å²) in [6.07, 6.45) is -4.28. The quantitative estimate of drug-likeness (QED) is 0.477. The second kappa shape index (κ2) is 6.35. The number of aryl methyl sites for hydroxylation is 1. The molecule has 0 radical (unpaired) electrons. The predicted molar refractivity (Wildman–Crippen MR) is 64.0 cm³/mol. The van der Waals surface area contributed by atoms with Gasteiger partial charge in [0.2, 0.25) is 0 Å². The van der Waals surface area contributed by atoms with Crippen molar-refractivity contribution in [1.82, 2.24) is 3.71 Å². The highest BCUT2D eigenvalue weighted by Gasteiger charge is 2.32. The Kier molecular flexibility index (Phi) is 5.36. The van der Waals surface area contributed by atoms with Crippen LogP contribution >= 0.6 is 11.9 Å². The van der Waals surface area contributed by atoms with Crippen LogP contribution in [0.1, 0.15) is 5.56 Å². The average Bonchev–Trinajstić information content (AvgIpc) is 2.28. The van der Waals surface area contributed by atoms with Gasteiger partial charge in [-0.2, -0.15) is 13.2 Å². The number of alkyl halides is 3. The molecule has 0 fully saturated rings. The molecule has 0 heterocycles. The van der Waals surface area contributed by atoms with Gasteiger partial charge in [0.1, 0.15) is 17.1 Å². The van der Waals surface area contributed by atoms with Crippen LogP contribution in [0.2, 0.25) is 0 Å². The van der Waals surface area contributed by atoms with E-state index in [-0.39, 0.29) is 18.4 Å². The Balaban J connectivity index is 2.77. The molecule has 1 atom stereocenters. The molecule has 0 spiro atoms. The highest BCUT2D eigenvalue weighted by Crippen LogP contribution is 2.28. The monoisotopic (exact) mass is 297 g/mol. The number of carbonyl (C=O) groups is 1. The summed E-state index contributed by atoms with van der Waals surface area (Å²) in [5.74, 6) is -1.26. The van der Waals surface area contributed by atoms with E-state index in [1.807, 2.05) is 0 Å². The molecule has 0 N–H and O–H groups in total. The number of halogens is 3. The van der Waals surface area contributed by atoms with Crippen LogP contribution in [-0.2, 0) is 16.2 Å². The summed E-state index contributed by atoms with van der Waals surface area (Å²) in [4.78, 5) is 11.0. The van der Waals surface area contributed by atoms with Gasteiger partial charge in [-0.25, -0.2) is 0 Å². The third-order valence-electron chi connectivity index (χ3n) is 1.89. The Morgan fingerprint density at radius 3 is 2.56 bits per heavy atom. The number of rotatable bonds is 5. The third kappa shape index (κ3) is 4.43. The second-order valence-electron chi connectivity index (χ2n) is 3.29. The molecule has 0 bridgehead atoms. The zero-order valence-corrected chi connectivity index (χ0v) is 10.9. The Labute approximate surface area is 110 Å². The van der Waals surface area contributed by atoms with Crippen molar-refractivity contribution in [3.05, 3.63) is 29.8 Å². The van der Waals surface area contributed by atoms with Crippen molar-refractivity contribution < 1.29 is 22.5 Å². The number of nitrogens with zero attached hydrogens (tertiary/aromatic N) is 1. The van der Waals surface area contributed by atoms with Gasteiger partial charge >= 0.3 is 6.18 Å². The Morgan fingerprint density at radius 2 is 2.06 bits per heavy atom. The minimum Gasteiger partial charge on any atom is -0.587 e. The van der Waals surface area contributed by atoms with E-state index >= 15 is 0 Å². The first-order valence-electron chi connectivity index (χ1n) is 4.77. The maximum atomic E-state index is 12.0. The minimum absolute atomic E-state index is 0.138. The smallest absolute Gasteiger partial charge is 0.399 e. The summed E-state index contributed by atoms with van der Waals surface area (Å²) in [6.45, 7) is 1.67. The molecule has 0 saturated heterocycles. The van der Waals surface area contributed by atoms with Gasteiger partial charge in [-0.1, -0.05) is 21.9 Å². The third-order valence-corrected chi connectivity index (χ3v) is 4.65. The molecule has 0 aliphatic rings. The molecule has 3 nitrogen and oxygen atoms in total. The fourth-order valence-electron chi connectivity index (χ4n) is 1.10. The van der Waals surface area contributed by atoms with Crippen molar-refractivity contribution in [3.8, 4) is 0 Å². The molecule has 1 aromatic carbocycles. The Hall–Kier alpha value is -0.860. The van der Waals surface area contributed by atoms with Crippen LogP contribution < -0.4 is 0 Å². The van der Waals surface area contributed by atoms with Crippen LogP contribution in [0.15, 0.2) is 29.2 Å². The number of benzene rings is 1. The van der Waals surface area contributed by atoms with Crippen molar-refractivity contribution in [2.75, 3.05) is 5.75 Å². The molecule has 1 amide bonds. The largest absolute Gasteiger partial charge is 0.587 e. The summed E-state index contributed by atoms with van der Waals surface area (Å²) >= 11 is -1.76. The van der Waals surface area contributed by atoms with Gasteiger partial charge < -0.3 is 4.55 Å². The van der Waals surface area contributed by atoms with Crippen molar-refractivity contribution in [1.29, 1.82) is 0 Å². The first-order chi connectivity index (χ1) is 8.35. The topological polar surface area (TPSA) is 43.4 Å². The highest BCUT2D eigenvalue weighted by molar-refractivity contribution is 8.09. The summed E-state index contributed by atoms with van der Waals surface area (Å²) in [6, 6.07) is 6.50. The van der Waals surface area contributed by atoms with Crippen LogP contribution in [0.25, 0.3) is 0 Å². The molecule has 1 aromatic rings. The molecular weight excluding hydrogens is 287 g/mol. The average molecular weight is 297 g/mol. The zero-order valence-electron chi connectivity index (χ0n) is 9.31. The van der Waals surface area contributed by atoms with E-state index in [1.165, 1.54) is 6.07 Å². The lowest BCUT2D eigenvalue weighted by molar-refractivity contribution is -0.111. The van der Waals surface area contributed by atoms with Gasteiger partial charge in [0.25, 0.3) is 6.41 Å². The molecule has 1 unspecified atom stereocenters. The molecular formula is C10H10F3NO2S2. The zero-order chi connectivity index (χ0) is 13.8. The lowest BCUT2D eigenvalue weighted by Crippen LogP contribution is -2.27. The molecule has 0 aliphatic carbocycles. The Bertz CT molecular complexity index is 414. The van der Waals surface area contributed by atoms with Crippen molar-refractivity contribution in [2.24, 2.45) is 0 Å². The molecule has 0 aromatic heterocycles. The normalized spacial score (nSPS) is 13.2. The lowest BCUT2D eigenvalue weighted by atomic mass is 10.2. The first kappa shape index (κ1) is 15.2. The van der Waals surface area contributed by atoms with Gasteiger partial charge in [-0.3, -0.25) is 4.79 Å².